The van der Waals surface area contributed by atoms with E-state index in [0.717, 1.165) is 40.2 Å². The number of carbonyl (C=O) groups excluding carboxylic acids is 1. The monoisotopic (exact) mass is 390 g/mol. The molecule has 0 bridgehead atoms. The van der Waals surface area contributed by atoms with Gasteiger partial charge in [-0.2, -0.15) is 0 Å². The maximum atomic E-state index is 12.3. The van der Waals surface area contributed by atoms with Crippen molar-refractivity contribution < 1.29 is 4.79 Å². The van der Waals surface area contributed by atoms with Gasteiger partial charge >= 0.3 is 0 Å². The second kappa shape index (κ2) is 8.70. The second-order valence-corrected chi connectivity index (χ2v) is 8.51. The van der Waals surface area contributed by atoms with Crippen LogP contribution < -0.4 is 5.32 Å². The quantitative estimate of drug-likeness (QED) is 0.582. The molecule has 144 valence electrons. The fourth-order valence-electron chi connectivity index (χ4n) is 3.73. The van der Waals surface area contributed by atoms with E-state index in [9.17, 15) is 4.79 Å². The van der Waals surface area contributed by atoms with Gasteiger partial charge in [0.25, 0.3) is 0 Å². The minimum atomic E-state index is 0.212. The van der Waals surface area contributed by atoms with Crippen LogP contribution in [0.1, 0.15) is 43.2 Å². The molecule has 3 aromatic rings. The molecule has 4 rings (SSSR count). The van der Waals surface area contributed by atoms with Crippen molar-refractivity contribution in [2.75, 3.05) is 0 Å². The van der Waals surface area contributed by atoms with Crippen LogP contribution in [-0.2, 0) is 11.3 Å². The average molecular weight is 391 g/mol. The van der Waals surface area contributed by atoms with Gasteiger partial charge in [-0.05, 0) is 25.3 Å². The summed E-state index contributed by atoms with van der Waals surface area (Å²) in [5.74, 6) is 0.426. The maximum absolute atomic E-state index is 12.3. The highest BCUT2D eigenvalue weighted by Gasteiger charge is 2.20. The van der Waals surface area contributed by atoms with Gasteiger partial charge in [-0.25, -0.2) is 4.98 Å². The van der Waals surface area contributed by atoms with Crippen LogP contribution in [0.2, 0.25) is 0 Å². The third-order valence-corrected chi connectivity index (χ3v) is 6.39. The highest BCUT2D eigenvalue weighted by molar-refractivity contribution is 7.13. The summed E-state index contributed by atoms with van der Waals surface area (Å²) in [6.07, 6.45) is 5.72. The number of thiazole rings is 1. The first kappa shape index (κ1) is 18.9. The number of aryl methyl sites for hydroxylation is 1. The summed E-state index contributed by atoms with van der Waals surface area (Å²) in [5, 5.41) is 6.24. The third-order valence-electron chi connectivity index (χ3n) is 5.50. The molecule has 4 heteroatoms. The maximum Gasteiger partial charge on any atom is 0.223 e. The zero-order chi connectivity index (χ0) is 19.3. The molecule has 1 aliphatic rings. The summed E-state index contributed by atoms with van der Waals surface area (Å²) in [5.41, 5.74) is 5.67. The number of hydrogen-bond acceptors (Lipinski definition) is 3. The molecule has 1 N–H and O–H groups in total. The zero-order valence-corrected chi connectivity index (χ0v) is 17.1. The molecule has 28 heavy (non-hydrogen) atoms. The molecule has 3 nitrogen and oxygen atoms in total. The van der Waals surface area contributed by atoms with Crippen molar-refractivity contribution in [2.24, 2.45) is 5.92 Å². The van der Waals surface area contributed by atoms with Gasteiger partial charge in [0.1, 0.15) is 5.01 Å². The highest BCUT2D eigenvalue weighted by atomic mass is 32.1. The number of aromatic nitrogens is 1. The number of amides is 1. The number of hydrogen-bond donors (Lipinski definition) is 1. The van der Waals surface area contributed by atoms with E-state index in [1.54, 1.807) is 11.3 Å². The van der Waals surface area contributed by atoms with Gasteiger partial charge in [-0.3, -0.25) is 4.79 Å². The molecule has 1 fully saturated rings. The molecular weight excluding hydrogens is 364 g/mol. The van der Waals surface area contributed by atoms with Gasteiger partial charge < -0.3 is 5.32 Å². The van der Waals surface area contributed by atoms with E-state index in [0.29, 0.717) is 6.54 Å². The Bertz CT molecular complexity index is 922. The van der Waals surface area contributed by atoms with Gasteiger partial charge in [0, 0.05) is 29.0 Å². The Kier molecular flexibility index (Phi) is 5.87. The normalized spacial score (nSPS) is 14.8. The Balaban J connectivity index is 1.38. The molecule has 0 spiro atoms. The Morgan fingerprint density at radius 1 is 1.00 bits per heavy atom. The smallest absolute Gasteiger partial charge is 0.223 e. The molecule has 0 aliphatic heterocycles. The van der Waals surface area contributed by atoms with Gasteiger partial charge in [-0.15, -0.1) is 11.3 Å². The number of carbonyl (C=O) groups is 1. The SMILES string of the molecule is Cc1ccc(-c2csc(-c3ccc(CNC(=O)C4CCCCC4)cc3)n2)cc1. The molecule has 0 radical (unpaired) electrons. The summed E-state index contributed by atoms with van der Waals surface area (Å²) in [7, 11) is 0. The number of rotatable bonds is 5. The minimum absolute atomic E-state index is 0.212. The van der Waals surface area contributed by atoms with Crippen molar-refractivity contribution in [1.82, 2.24) is 10.3 Å². The third kappa shape index (κ3) is 4.50. The van der Waals surface area contributed by atoms with Crippen molar-refractivity contribution >= 4 is 17.2 Å². The number of nitrogens with zero attached hydrogens (tertiary/aromatic N) is 1. The van der Waals surface area contributed by atoms with Crippen molar-refractivity contribution in [3.63, 3.8) is 0 Å². The molecule has 1 saturated carbocycles. The summed E-state index contributed by atoms with van der Waals surface area (Å²) < 4.78 is 0. The Labute approximate surface area is 170 Å². The lowest BCUT2D eigenvalue weighted by atomic mass is 9.88. The molecule has 0 atom stereocenters. The van der Waals surface area contributed by atoms with Gasteiger partial charge in [0.2, 0.25) is 5.91 Å². The van der Waals surface area contributed by atoms with Crippen LogP contribution in [-0.4, -0.2) is 10.9 Å². The van der Waals surface area contributed by atoms with Crippen LogP contribution >= 0.6 is 11.3 Å². The summed E-state index contributed by atoms with van der Waals surface area (Å²) in [4.78, 5) is 17.1. The van der Waals surface area contributed by atoms with Crippen LogP contribution in [0.15, 0.2) is 53.9 Å². The Morgan fingerprint density at radius 2 is 1.68 bits per heavy atom. The largest absolute Gasteiger partial charge is 0.352 e. The summed E-state index contributed by atoms with van der Waals surface area (Å²) in [6.45, 7) is 2.69. The molecule has 0 unspecified atom stereocenters. The van der Waals surface area contributed by atoms with Gasteiger partial charge in [0.05, 0.1) is 5.69 Å². The topological polar surface area (TPSA) is 42.0 Å². The first-order chi connectivity index (χ1) is 13.7. The predicted molar refractivity (Wildman–Crippen MR) is 116 cm³/mol. The number of benzene rings is 2. The second-order valence-electron chi connectivity index (χ2n) is 7.65. The van der Waals surface area contributed by atoms with Crippen molar-refractivity contribution in [3.05, 3.63) is 65.0 Å². The van der Waals surface area contributed by atoms with Crippen molar-refractivity contribution in [1.29, 1.82) is 0 Å². The molecule has 1 aromatic heterocycles. The molecule has 1 aliphatic carbocycles. The van der Waals surface area contributed by atoms with Crippen LogP contribution in [0.4, 0.5) is 0 Å². The lowest BCUT2D eigenvalue weighted by Crippen LogP contribution is -2.31. The average Bonchev–Trinajstić information content (AvgIpc) is 3.24. The molecule has 1 heterocycles. The van der Waals surface area contributed by atoms with E-state index in [-0.39, 0.29) is 11.8 Å². The predicted octanol–water partition coefficient (Wildman–Crippen LogP) is 5.98. The van der Waals surface area contributed by atoms with Gasteiger partial charge in [-0.1, -0.05) is 73.4 Å². The van der Waals surface area contributed by atoms with E-state index in [4.69, 9.17) is 4.98 Å². The Hall–Kier alpha value is -2.46. The first-order valence-corrected chi connectivity index (χ1v) is 11.0. The summed E-state index contributed by atoms with van der Waals surface area (Å²) >= 11 is 1.66. The highest BCUT2D eigenvalue weighted by Crippen LogP contribution is 2.29. The van der Waals surface area contributed by atoms with E-state index in [2.05, 4.69) is 66.2 Å². The minimum Gasteiger partial charge on any atom is -0.352 e. The van der Waals surface area contributed by atoms with E-state index >= 15 is 0 Å². The van der Waals surface area contributed by atoms with Crippen LogP contribution in [0.25, 0.3) is 21.8 Å². The van der Waals surface area contributed by atoms with Crippen LogP contribution in [0, 0.1) is 12.8 Å². The standard InChI is InChI=1S/C24H26N2OS/c1-17-7-11-19(12-8-17)22-16-28-24(26-22)21-13-9-18(10-14-21)15-25-23(27)20-5-3-2-4-6-20/h7-14,16,20H,2-6,15H2,1H3,(H,25,27). The molecule has 2 aromatic carbocycles. The lowest BCUT2D eigenvalue weighted by molar-refractivity contribution is -0.126. The molecule has 1 amide bonds. The van der Waals surface area contributed by atoms with Crippen LogP contribution in [0.5, 0.6) is 0 Å². The fourth-order valence-corrected chi connectivity index (χ4v) is 4.56. The summed E-state index contributed by atoms with van der Waals surface area (Å²) in [6, 6.07) is 16.8. The Morgan fingerprint density at radius 3 is 2.39 bits per heavy atom. The van der Waals surface area contributed by atoms with E-state index in [1.165, 1.54) is 24.8 Å². The van der Waals surface area contributed by atoms with E-state index < -0.39 is 0 Å². The van der Waals surface area contributed by atoms with E-state index in [1.807, 2.05) is 0 Å². The van der Waals surface area contributed by atoms with Gasteiger partial charge in [0.15, 0.2) is 0 Å². The van der Waals surface area contributed by atoms with Crippen molar-refractivity contribution in [2.45, 2.75) is 45.6 Å². The first-order valence-electron chi connectivity index (χ1n) is 10.1. The zero-order valence-electron chi connectivity index (χ0n) is 16.3. The van der Waals surface area contributed by atoms with Crippen LogP contribution in [0.3, 0.4) is 0 Å². The lowest BCUT2D eigenvalue weighted by Gasteiger charge is -2.20. The number of nitrogens with one attached hydrogen (secondary N) is 1. The van der Waals surface area contributed by atoms with Crippen molar-refractivity contribution in [3.8, 4) is 21.8 Å². The molecule has 0 saturated heterocycles. The molecular formula is C24H26N2OS. The fraction of sp³-hybridized carbons (Fsp3) is 0.333.